The van der Waals surface area contributed by atoms with Crippen molar-refractivity contribution in [3.63, 3.8) is 0 Å². The lowest BCUT2D eigenvalue weighted by Crippen LogP contribution is -2.28. The summed E-state index contributed by atoms with van der Waals surface area (Å²) in [5.74, 6) is 0.843. The van der Waals surface area contributed by atoms with Crippen molar-refractivity contribution in [1.29, 1.82) is 0 Å². The van der Waals surface area contributed by atoms with Crippen LogP contribution in [0.4, 0.5) is 0 Å². The fourth-order valence-corrected chi connectivity index (χ4v) is 2.17. The number of halogens is 1. The second-order valence-corrected chi connectivity index (χ2v) is 5.32. The van der Waals surface area contributed by atoms with Gasteiger partial charge in [0.15, 0.2) is 0 Å². The molecule has 0 radical (unpaired) electrons. The van der Waals surface area contributed by atoms with Gasteiger partial charge in [0.05, 0.1) is 12.6 Å². The van der Waals surface area contributed by atoms with E-state index in [9.17, 15) is 5.11 Å². The summed E-state index contributed by atoms with van der Waals surface area (Å²) in [6.45, 7) is 1.31. The van der Waals surface area contributed by atoms with Crippen LogP contribution in [0.2, 0.25) is 0 Å². The average Bonchev–Trinajstić information content (AvgIpc) is 2.50. The van der Waals surface area contributed by atoms with Crippen LogP contribution in [0.1, 0.15) is 11.6 Å². The van der Waals surface area contributed by atoms with E-state index in [0.717, 1.165) is 15.8 Å². The number of aliphatic hydroxyl groups is 1. The highest BCUT2D eigenvalue weighted by Gasteiger charge is 2.08. The summed E-state index contributed by atoms with van der Waals surface area (Å²) in [4.78, 5) is 0. The second kappa shape index (κ2) is 8.04. The second-order valence-electron chi connectivity index (χ2n) is 4.40. The van der Waals surface area contributed by atoms with Crippen molar-refractivity contribution in [1.82, 2.24) is 5.32 Å². The van der Waals surface area contributed by atoms with Gasteiger partial charge in [-0.1, -0.05) is 46.3 Å². The molecule has 0 amide bonds. The molecule has 2 aromatic rings. The Hall–Kier alpha value is -1.36. The lowest BCUT2D eigenvalue weighted by atomic mass is 10.1. The molecule has 1 unspecified atom stereocenters. The molecule has 2 rings (SSSR count). The maximum Gasteiger partial charge on any atom is 0.119 e. The Bertz CT molecular complexity index is 502. The molecular weight excluding hydrogens is 318 g/mol. The quantitative estimate of drug-likeness (QED) is 0.764. The van der Waals surface area contributed by atoms with Gasteiger partial charge in [0, 0.05) is 11.0 Å². The highest BCUT2D eigenvalue weighted by atomic mass is 79.9. The van der Waals surface area contributed by atoms with Gasteiger partial charge in [0.1, 0.15) is 12.4 Å². The predicted octanol–water partition coefficient (Wildman–Crippen LogP) is 3.15. The van der Waals surface area contributed by atoms with E-state index in [1.54, 1.807) is 0 Å². The lowest BCUT2D eigenvalue weighted by Gasteiger charge is -2.16. The Labute approximate surface area is 127 Å². The summed E-state index contributed by atoms with van der Waals surface area (Å²) in [7, 11) is 0. The molecule has 0 fully saturated rings. The van der Waals surface area contributed by atoms with E-state index < -0.39 is 0 Å². The first kappa shape index (κ1) is 15.0. The molecule has 0 heterocycles. The van der Waals surface area contributed by atoms with Crippen molar-refractivity contribution < 1.29 is 9.84 Å². The van der Waals surface area contributed by atoms with Crippen molar-refractivity contribution >= 4 is 15.9 Å². The summed E-state index contributed by atoms with van der Waals surface area (Å²) >= 11 is 3.39. The molecule has 0 aliphatic carbocycles. The Morgan fingerprint density at radius 3 is 2.40 bits per heavy atom. The van der Waals surface area contributed by atoms with Crippen LogP contribution in [0.5, 0.6) is 5.75 Å². The van der Waals surface area contributed by atoms with Gasteiger partial charge in [-0.3, -0.25) is 0 Å². The van der Waals surface area contributed by atoms with Gasteiger partial charge in [-0.15, -0.1) is 0 Å². The number of ether oxygens (including phenoxy) is 1. The normalized spacial score (nSPS) is 12.1. The first-order valence-electron chi connectivity index (χ1n) is 6.57. The van der Waals surface area contributed by atoms with Crippen LogP contribution >= 0.6 is 15.9 Å². The molecule has 0 aliphatic heterocycles. The molecule has 0 saturated heterocycles. The van der Waals surface area contributed by atoms with Gasteiger partial charge in [-0.25, -0.2) is 0 Å². The van der Waals surface area contributed by atoms with Gasteiger partial charge in [-0.05, 0) is 29.8 Å². The maximum atomic E-state index is 9.42. The molecule has 106 valence electrons. The van der Waals surface area contributed by atoms with Gasteiger partial charge in [0.2, 0.25) is 0 Å². The minimum atomic E-state index is -0.0512. The van der Waals surface area contributed by atoms with E-state index in [1.807, 2.05) is 54.6 Å². The van der Waals surface area contributed by atoms with Gasteiger partial charge < -0.3 is 15.2 Å². The summed E-state index contributed by atoms with van der Waals surface area (Å²) in [5.41, 5.74) is 1.08. The monoisotopic (exact) mass is 335 g/mol. The van der Waals surface area contributed by atoms with Crippen LogP contribution in [-0.4, -0.2) is 24.9 Å². The third-order valence-electron chi connectivity index (χ3n) is 2.96. The van der Waals surface area contributed by atoms with Crippen molar-refractivity contribution in [2.45, 2.75) is 6.04 Å². The molecule has 0 aromatic heterocycles. The zero-order valence-corrected chi connectivity index (χ0v) is 12.7. The molecular formula is C16H18BrNO2. The van der Waals surface area contributed by atoms with E-state index in [-0.39, 0.29) is 12.6 Å². The van der Waals surface area contributed by atoms with Crippen molar-refractivity contribution in [3.8, 4) is 5.75 Å². The maximum absolute atomic E-state index is 9.42. The molecule has 0 spiro atoms. The number of nitrogens with one attached hydrogen (secondary N) is 1. The van der Waals surface area contributed by atoms with Crippen molar-refractivity contribution in [3.05, 3.63) is 64.6 Å². The summed E-state index contributed by atoms with van der Waals surface area (Å²) in [5, 5.41) is 12.7. The first-order valence-corrected chi connectivity index (χ1v) is 7.36. The fourth-order valence-electron chi connectivity index (χ4n) is 1.91. The van der Waals surface area contributed by atoms with Crippen molar-refractivity contribution in [2.24, 2.45) is 0 Å². The topological polar surface area (TPSA) is 41.5 Å². The number of hydrogen-bond donors (Lipinski definition) is 2. The Morgan fingerprint density at radius 2 is 1.75 bits per heavy atom. The molecule has 0 saturated carbocycles. The van der Waals surface area contributed by atoms with Gasteiger partial charge >= 0.3 is 0 Å². The van der Waals surface area contributed by atoms with Gasteiger partial charge in [0.25, 0.3) is 0 Å². The molecule has 2 aromatic carbocycles. The summed E-state index contributed by atoms with van der Waals surface area (Å²) in [6.07, 6.45) is 0. The highest BCUT2D eigenvalue weighted by molar-refractivity contribution is 9.10. The molecule has 0 bridgehead atoms. The van der Waals surface area contributed by atoms with E-state index >= 15 is 0 Å². The molecule has 2 N–H and O–H groups in total. The highest BCUT2D eigenvalue weighted by Crippen LogP contribution is 2.16. The van der Waals surface area contributed by atoms with Crippen LogP contribution in [0.15, 0.2) is 59.1 Å². The van der Waals surface area contributed by atoms with Crippen LogP contribution in [0.25, 0.3) is 0 Å². The SMILES string of the molecule is OCC(NCCOc1ccc(Br)cc1)c1ccccc1. The Balaban J connectivity index is 1.76. The fraction of sp³-hybridized carbons (Fsp3) is 0.250. The molecule has 20 heavy (non-hydrogen) atoms. The standard InChI is InChI=1S/C16H18BrNO2/c17-14-6-8-15(9-7-14)20-11-10-18-16(12-19)13-4-2-1-3-5-13/h1-9,16,18-19H,10-12H2. The van der Waals surface area contributed by atoms with E-state index in [0.29, 0.717) is 13.2 Å². The van der Waals surface area contributed by atoms with E-state index in [4.69, 9.17) is 4.74 Å². The minimum Gasteiger partial charge on any atom is -0.492 e. The first-order chi connectivity index (χ1) is 9.79. The number of hydrogen-bond acceptors (Lipinski definition) is 3. The smallest absolute Gasteiger partial charge is 0.119 e. The molecule has 1 atom stereocenters. The minimum absolute atomic E-state index is 0.0512. The lowest BCUT2D eigenvalue weighted by molar-refractivity contribution is 0.232. The van der Waals surface area contributed by atoms with Crippen molar-refractivity contribution in [2.75, 3.05) is 19.8 Å². The largest absolute Gasteiger partial charge is 0.492 e. The number of aliphatic hydroxyl groups excluding tert-OH is 1. The van der Waals surface area contributed by atoms with E-state index in [1.165, 1.54) is 0 Å². The van der Waals surface area contributed by atoms with Crippen LogP contribution in [0, 0.1) is 0 Å². The van der Waals surface area contributed by atoms with Crippen LogP contribution < -0.4 is 10.1 Å². The Kier molecular flexibility index (Phi) is 6.05. The van der Waals surface area contributed by atoms with Crippen LogP contribution in [-0.2, 0) is 0 Å². The zero-order chi connectivity index (χ0) is 14.2. The molecule has 3 nitrogen and oxygen atoms in total. The summed E-state index contributed by atoms with van der Waals surface area (Å²) in [6, 6.07) is 17.6. The molecule has 4 heteroatoms. The third-order valence-corrected chi connectivity index (χ3v) is 3.49. The summed E-state index contributed by atoms with van der Waals surface area (Å²) < 4.78 is 6.66. The van der Waals surface area contributed by atoms with Gasteiger partial charge in [-0.2, -0.15) is 0 Å². The zero-order valence-electron chi connectivity index (χ0n) is 11.1. The molecule has 0 aliphatic rings. The number of rotatable bonds is 7. The average molecular weight is 336 g/mol. The Morgan fingerprint density at radius 1 is 1.05 bits per heavy atom. The van der Waals surface area contributed by atoms with E-state index in [2.05, 4.69) is 21.2 Å². The third kappa shape index (κ3) is 4.63. The van der Waals surface area contributed by atoms with Crippen LogP contribution in [0.3, 0.4) is 0 Å². The number of benzene rings is 2. The predicted molar refractivity (Wildman–Crippen MR) is 83.9 cm³/mol.